The first-order chi connectivity index (χ1) is 9.56. The van der Waals surface area contributed by atoms with Gasteiger partial charge in [0.05, 0.1) is 22.5 Å². The molecular weight excluding hydrogens is 311 g/mol. The van der Waals surface area contributed by atoms with Gasteiger partial charge in [0, 0.05) is 9.75 Å². The molecule has 0 fully saturated rings. The SMILES string of the molecule is Cc1ccc(Cn2c(C(C)Cl)nc3c(Cl)cccc32)s1. The standard InChI is InChI=1S/C15H14Cl2N2S/c1-9-6-7-11(20-9)8-19-13-5-3-4-12(17)14(13)18-15(19)10(2)16/h3-7,10H,8H2,1-2H3. The van der Waals surface area contributed by atoms with E-state index < -0.39 is 0 Å². The largest absolute Gasteiger partial charge is 0.321 e. The van der Waals surface area contributed by atoms with Gasteiger partial charge < -0.3 is 4.57 Å². The van der Waals surface area contributed by atoms with Gasteiger partial charge in [-0.05, 0) is 38.1 Å². The van der Waals surface area contributed by atoms with E-state index in [0.29, 0.717) is 5.02 Å². The summed E-state index contributed by atoms with van der Waals surface area (Å²) in [5.74, 6) is 0.862. The second kappa shape index (κ2) is 5.40. The van der Waals surface area contributed by atoms with Crippen LogP contribution in [0, 0.1) is 6.92 Å². The highest BCUT2D eigenvalue weighted by atomic mass is 35.5. The van der Waals surface area contributed by atoms with Crippen LogP contribution in [0.1, 0.15) is 27.9 Å². The summed E-state index contributed by atoms with van der Waals surface area (Å²) in [5.41, 5.74) is 1.86. The van der Waals surface area contributed by atoms with Crippen LogP contribution in [-0.4, -0.2) is 9.55 Å². The lowest BCUT2D eigenvalue weighted by atomic mass is 10.3. The number of nitrogens with zero attached hydrogens (tertiary/aromatic N) is 2. The summed E-state index contributed by atoms with van der Waals surface area (Å²) >= 11 is 14.3. The summed E-state index contributed by atoms with van der Waals surface area (Å²) in [6, 6.07) is 10.1. The van der Waals surface area contributed by atoms with Crippen molar-refractivity contribution in [2.45, 2.75) is 25.8 Å². The Labute approximate surface area is 132 Å². The van der Waals surface area contributed by atoms with Gasteiger partial charge in [0.25, 0.3) is 0 Å². The monoisotopic (exact) mass is 324 g/mol. The number of benzene rings is 1. The van der Waals surface area contributed by atoms with E-state index >= 15 is 0 Å². The van der Waals surface area contributed by atoms with Gasteiger partial charge in [0.15, 0.2) is 0 Å². The highest BCUT2D eigenvalue weighted by molar-refractivity contribution is 7.11. The highest BCUT2D eigenvalue weighted by Crippen LogP contribution is 2.30. The van der Waals surface area contributed by atoms with Gasteiger partial charge in [-0.15, -0.1) is 22.9 Å². The zero-order valence-corrected chi connectivity index (χ0v) is 13.6. The molecule has 2 nitrogen and oxygen atoms in total. The Hall–Kier alpha value is -1.03. The first-order valence-corrected chi connectivity index (χ1v) is 8.03. The Morgan fingerprint density at radius 2 is 2.10 bits per heavy atom. The molecule has 2 aromatic heterocycles. The predicted molar refractivity (Wildman–Crippen MR) is 87.2 cm³/mol. The molecule has 1 unspecified atom stereocenters. The molecule has 20 heavy (non-hydrogen) atoms. The fourth-order valence-corrected chi connectivity index (χ4v) is 3.58. The number of rotatable bonds is 3. The smallest absolute Gasteiger partial charge is 0.128 e. The second-order valence-electron chi connectivity index (χ2n) is 4.79. The van der Waals surface area contributed by atoms with Gasteiger partial charge in [-0.2, -0.15) is 0 Å². The molecule has 5 heteroatoms. The lowest BCUT2D eigenvalue weighted by Crippen LogP contribution is -2.04. The van der Waals surface area contributed by atoms with Crippen molar-refractivity contribution in [3.05, 3.63) is 50.9 Å². The van der Waals surface area contributed by atoms with Crippen molar-refractivity contribution in [2.75, 3.05) is 0 Å². The third kappa shape index (κ3) is 2.46. The van der Waals surface area contributed by atoms with E-state index in [1.165, 1.54) is 9.75 Å². The summed E-state index contributed by atoms with van der Waals surface area (Å²) < 4.78 is 2.16. The molecular formula is C15H14Cl2N2S. The minimum Gasteiger partial charge on any atom is -0.321 e. The number of hydrogen-bond donors (Lipinski definition) is 0. The molecule has 1 aromatic carbocycles. The molecule has 3 aromatic rings. The lowest BCUT2D eigenvalue weighted by Gasteiger charge is -2.09. The van der Waals surface area contributed by atoms with E-state index in [1.807, 2.05) is 25.1 Å². The number of alkyl halides is 1. The van der Waals surface area contributed by atoms with Crippen molar-refractivity contribution in [3.8, 4) is 0 Å². The molecule has 104 valence electrons. The molecule has 0 aliphatic heterocycles. The average Bonchev–Trinajstić information content (AvgIpc) is 2.96. The second-order valence-corrected chi connectivity index (χ2v) is 7.23. The Morgan fingerprint density at radius 3 is 2.75 bits per heavy atom. The quantitative estimate of drug-likeness (QED) is 0.589. The molecule has 0 aliphatic rings. The Balaban J connectivity index is 2.16. The van der Waals surface area contributed by atoms with Gasteiger partial charge in [0.2, 0.25) is 0 Å². The Morgan fingerprint density at radius 1 is 1.30 bits per heavy atom. The maximum Gasteiger partial charge on any atom is 0.128 e. The molecule has 0 spiro atoms. The molecule has 0 saturated carbocycles. The minimum absolute atomic E-state index is 0.153. The van der Waals surface area contributed by atoms with Crippen LogP contribution in [0.25, 0.3) is 11.0 Å². The van der Waals surface area contributed by atoms with Crippen LogP contribution >= 0.6 is 34.5 Å². The van der Waals surface area contributed by atoms with E-state index in [0.717, 1.165) is 23.4 Å². The molecule has 0 radical (unpaired) electrons. The fourth-order valence-electron chi connectivity index (χ4n) is 2.33. The van der Waals surface area contributed by atoms with Crippen LogP contribution in [0.5, 0.6) is 0 Å². The van der Waals surface area contributed by atoms with Gasteiger partial charge in [0.1, 0.15) is 11.3 Å². The van der Waals surface area contributed by atoms with Crippen molar-refractivity contribution < 1.29 is 0 Å². The number of hydrogen-bond acceptors (Lipinski definition) is 2. The van der Waals surface area contributed by atoms with Crippen molar-refractivity contribution in [1.29, 1.82) is 0 Å². The number of para-hydroxylation sites is 1. The summed E-state index contributed by atoms with van der Waals surface area (Å²) in [5, 5.41) is 0.515. The first-order valence-electron chi connectivity index (χ1n) is 6.40. The summed E-state index contributed by atoms with van der Waals surface area (Å²) in [6.45, 7) is 4.83. The number of aryl methyl sites for hydroxylation is 1. The van der Waals surface area contributed by atoms with Crippen LogP contribution in [0.2, 0.25) is 5.02 Å². The van der Waals surface area contributed by atoms with E-state index in [-0.39, 0.29) is 5.38 Å². The van der Waals surface area contributed by atoms with Crippen LogP contribution in [0.4, 0.5) is 0 Å². The molecule has 0 N–H and O–H groups in total. The fraction of sp³-hybridized carbons (Fsp3) is 0.267. The first kappa shape index (κ1) is 13.9. The molecule has 0 bridgehead atoms. The maximum absolute atomic E-state index is 6.28. The Bertz CT molecular complexity index is 758. The highest BCUT2D eigenvalue weighted by Gasteiger charge is 2.17. The molecule has 1 atom stereocenters. The third-order valence-electron chi connectivity index (χ3n) is 3.22. The van der Waals surface area contributed by atoms with Crippen LogP contribution in [-0.2, 0) is 6.54 Å². The molecule has 0 amide bonds. The number of thiophene rings is 1. The van der Waals surface area contributed by atoms with E-state index in [1.54, 1.807) is 11.3 Å². The van der Waals surface area contributed by atoms with Gasteiger partial charge in [-0.3, -0.25) is 0 Å². The van der Waals surface area contributed by atoms with E-state index in [4.69, 9.17) is 23.2 Å². The van der Waals surface area contributed by atoms with Crippen molar-refractivity contribution in [3.63, 3.8) is 0 Å². The average molecular weight is 325 g/mol. The maximum atomic E-state index is 6.28. The zero-order chi connectivity index (χ0) is 14.3. The predicted octanol–water partition coefficient (Wildman–Crippen LogP) is 5.41. The van der Waals surface area contributed by atoms with Crippen molar-refractivity contribution >= 4 is 45.6 Å². The van der Waals surface area contributed by atoms with Crippen LogP contribution < -0.4 is 0 Å². The molecule has 2 heterocycles. The number of aromatic nitrogens is 2. The minimum atomic E-state index is -0.153. The summed E-state index contributed by atoms with van der Waals surface area (Å²) in [6.07, 6.45) is 0. The number of fused-ring (bicyclic) bond motifs is 1. The third-order valence-corrected chi connectivity index (χ3v) is 4.71. The number of halogens is 2. The van der Waals surface area contributed by atoms with Crippen molar-refractivity contribution in [2.24, 2.45) is 0 Å². The number of imidazole rings is 1. The van der Waals surface area contributed by atoms with Crippen LogP contribution in [0.3, 0.4) is 0 Å². The van der Waals surface area contributed by atoms with Crippen LogP contribution in [0.15, 0.2) is 30.3 Å². The van der Waals surface area contributed by atoms with Gasteiger partial charge in [-0.1, -0.05) is 17.7 Å². The molecule has 3 rings (SSSR count). The van der Waals surface area contributed by atoms with Gasteiger partial charge >= 0.3 is 0 Å². The van der Waals surface area contributed by atoms with Gasteiger partial charge in [-0.25, -0.2) is 4.98 Å². The zero-order valence-electron chi connectivity index (χ0n) is 11.2. The summed E-state index contributed by atoms with van der Waals surface area (Å²) in [7, 11) is 0. The van der Waals surface area contributed by atoms with E-state index in [2.05, 4.69) is 28.6 Å². The summed E-state index contributed by atoms with van der Waals surface area (Å²) in [4.78, 5) is 7.22. The normalized spacial score (nSPS) is 13.0. The lowest BCUT2D eigenvalue weighted by molar-refractivity contribution is 0.750. The molecule has 0 aliphatic carbocycles. The van der Waals surface area contributed by atoms with E-state index in [9.17, 15) is 0 Å². The topological polar surface area (TPSA) is 17.8 Å². The van der Waals surface area contributed by atoms with Crippen molar-refractivity contribution in [1.82, 2.24) is 9.55 Å². The Kier molecular flexibility index (Phi) is 3.76. The molecule has 0 saturated heterocycles.